The van der Waals surface area contributed by atoms with Gasteiger partial charge in [-0.05, 0) is 54.9 Å². The maximum Gasteiger partial charge on any atom is 0.303 e. The molecular weight excluding hydrogens is 400 g/mol. The summed E-state index contributed by atoms with van der Waals surface area (Å²) >= 11 is 0. The Hall–Kier alpha value is -1.86. The Morgan fingerprint density at radius 3 is 2.39 bits per heavy atom. The summed E-state index contributed by atoms with van der Waals surface area (Å²) in [5.41, 5.74) is 0.726. The Morgan fingerprint density at radius 1 is 1.06 bits per heavy atom. The quantitative estimate of drug-likeness (QED) is 0.702. The van der Waals surface area contributed by atoms with Crippen molar-refractivity contribution in [3.8, 4) is 0 Å². The standard InChI is InChI=1S/C24H34O7/c1-14(27)30-18-9-22(3)19(23(4,12-25)21(18)31-15(2)28)7-8-24(13-26)17-11-29-10-16(17)5-6-20(22)24/h10-11,18-21,25-26H,5-9,12-13H2,1-4H3/t18-,19-,20-,21-,22+,23-,24-/m1/s1. The smallest absolute Gasteiger partial charge is 0.303 e. The lowest BCUT2D eigenvalue weighted by molar-refractivity contribution is -0.240. The number of carbonyl (C=O) groups excluding carboxylic acids is 2. The molecule has 0 aromatic carbocycles. The van der Waals surface area contributed by atoms with Crippen LogP contribution in [0.2, 0.25) is 0 Å². The Kier molecular flexibility index (Phi) is 5.49. The molecule has 3 aliphatic rings. The number of hydrogen-bond acceptors (Lipinski definition) is 7. The fraction of sp³-hybridized carbons (Fsp3) is 0.750. The van der Waals surface area contributed by atoms with Gasteiger partial charge in [0.2, 0.25) is 0 Å². The second-order valence-corrected chi connectivity index (χ2v) is 10.4. The Balaban J connectivity index is 1.82. The molecule has 3 aliphatic carbocycles. The summed E-state index contributed by atoms with van der Waals surface area (Å²) in [4.78, 5) is 23.9. The summed E-state index contributed by atoms with van der Waals surface area (Å²) < 4.78 is 16.9. The third kappa shape index (κ3) is 3.15. The van der Waals surface area contributed by atoms with E-state index >= 15 is 0 Å². The number of ether oxygens (including phenoxy) is 2. The molecule has 2 saturated carbocycles. The molecule has 7 atom stereocenters. The molecule has 1 heterocycles. The predicted octanol–water partition coefficient (Wildman–Crippen LogP) is 2.75. The molecule has 0 bridgehead atoms. The summed E-state index contributed by atoms with van der Waals surface area (Å²) in [7, 11) is 0. The molecule has 7 heteroatoms. The van der Waals surface area contributed by atoms with E-state index in [0.29, 0.717) is 6.42 Å². The summed E-state index contributed by atoms with van der Waals surface area (Å²) in [6.45, 7) is 6.68. The van der Waals surface area contributed by atoms with Gasteiger partial charge in [0.15, 0.2) is 0 Å². The van der Waals surface area contributed by atoms with Gasteiger partial charge >= 0.3 is 11.9 Å². The van der Waals surface area contributed by atoms with Gasteiger partial charge in [-0.2, -0.15) is 0 Å². The van der Waals surface area contributed by atoms with Gasteiger partial charge in [-0.3, -0.25) is 9.59 Å². The van der Waals surface area contributed by atoms with E-state index in [4.69, 9.17) is 13.9 Å². The molecule has 1 aromatic rings. The average molecular weight is 435 g/mol. The number of carbonyl (C=O) groups is 2. The molecule has 31 heavy (non-hydrogen) atoms. The Morgan fingerprint density at radius 2 is 1.77 bits per heavy atom. The number of rotatable bonds is 4. The highest BCUT2D eigenvalue weighted by atomic mass is 16.6. The average Bonchev–Trinajstić information content (AvgIpc) is 3.19. The van der Waals surface area contributed by atoms with Gasteiger partial charge in [-0.15, -0.1) is 0 Å². The minimum atomic E-state index is -0.767. The van der Waals surface area contributed by atoms with Crippen molar-refractivity contribution in [3.63, 3.8) is 0 Å². The molecule has 0 spiro atoms. The van der Waals surface area contributed by atoms with Crippen LogP contribution in [0.4, 0.5) is 0 Å². The third-order valence-electron chi connectivity index (χ3n) is 8.78. The second-order valence-electron chi connectivity index (χ2n) is 10.4. The van der Waals surface area contributed by atoms with Crippen LogP contribution in [0, 0.1) is 22.7 Å². The maximum atomic E-state index is 12.0. The van der Waals surface area contributed by atoms with Crippen molar-refractivity contribution in [1.29, 1.82) is 0 Å². The van der Waals surface area contributed by atoms with E-state index in [2.05, 4.69) is 6.92 Å². The number of fused-ring (bicyclic) bond motifs is 5. The van der Waals surface area contributed by atoms with Gasteiger partial charge in [0, 0.05) is 30.2 Å². The summed E-state index contributed by atoms with van der Waals surface area (Å²) in [6.07, 6.45) is 5.99. The van der Waals surface area contributed by atoms with Crippen molar-refractivity contribution >= 4 is 11.9 Å². The number of aliphatic hydroxyl groups is 2. The largest absolute Gasteiger partial charge is 0.472 e. The molecule has 0 radical (unpaired) electrons. The first-order valence-corrected chi connectivity index (χ1v) is 11.2. The van der Waals surface area contributed by atoms with Gasteiger partial charge in [0.05, 0.1) is 25.7 Å². The van der Waals surface area contributed by atoms with Crippen LogP contribution >= 0.6 is 0 Å². The van der Waals surface area contributed by atoms with E-state index in [0.717, 1.165) is 36.8 Å². The Labute approximate surface area is 183 Å². The highest BCUT2D eigenvalue weighted by Gasteiger charge is 2.67. The second kappa shape index (κ2) is 7.62. The van der Waals surface area contributed by atoms with Gasteiger partial charge in [0.25, 0.3) is 0 Å². The number of hydrogen-bond donors (Lipinski definition) is 2. The van der Waals surface area contributed by atoms with Crippen LogP contribution in [0.3, 0.4) is 0 Å². The molecule has 0 saturated heterocycles. The molecule has 1 aromatic heterocycles. The van der Waals surface area contributed by atoms with Crippen LogP contribution in [0.15, 0.2) is 16.9 Å². The molecule has 0 amide bonds. The maximum absolute atomic E-state index is 12.0. The SMILES string of the molecule is CC(=O)O[C@@H]1[C@H](OC(C)=O)C[C@@]2(C)[C@@H](CC[C@@]3(CO)c4cocc4CC[C@@H]32)[C@@]1(C)CO. The lowest BCUT2D eigenvalue weighted by atomic mass is 9.39. The highest BCUT2D eigenvalue weighted by Crippen LogP contribution is 2.67. The van der Waals surface area contributed by atoms with E-state index in [1.165, 1.54) is 13.8 Å². The summed E-state index contributed by atoms with van der Waals surface area (Å²) in [6, 6.07) is 0. The lowest BCUT2D eigenvalue weighted by Crippen LogP contribution is -2.67. The molecule has 172 valence electrons. The normalized spacial score (nSPS) is 41.5. The molecular formula is C24H34O7. The summed E-state index contributed by atoms with van der Waals surface area (Å²) in [5, 5.41) is 21.3. The molecule has 7 nitrogen and oxygen atoms in total. The lowest BCUT2D eigenvalue weighted by Gasteiger charge is -2.66. The predicted molar refractivity (Wildman–Crippen MR) is 111 cm³/mol. The fourth-order valence-corrected chi connectivity index (χ4v) is 7.67. The van der Waals surface area contributed by atoms with Crippen molar-refractivity contribution in [3.05, 3.63) is 23.7 Å². The minimum Gasteiger partial charge on any atom is -0.472 e. The zero-order chi connectivity index (χ0) is 22.6. The zero-order valence-corrected chi connectivity index (χ0v) is 18.8. The number of aryl methyl sites for hydroxylation is 1. The third-order valence-corrected chi connectivity index (χ3v) is 8.78. The van der Waals surface area contributed by atoms with Crippen LogP contribution in [0.5, 0.6) is 0 Å². The first kappa shape index (κ1) is 22.3. The van der Waals surface area contributed by atoms with E-state index < -0.39 is 35.0 Å². The van der Waals surface area contributed by atoms with E-state index in [-0.39, 0.29) is 30.5 Å². The zero-order valence-electron chi connectivity index (χ0n) is 18.8. The van der Waals surface area contributed by atoms with Crippen LogP contribution < -0.4 is 0 Å². The number of esters is 2. The topological polar surface area (TPSA) is 106 Å². The van der Waals surface area contributed by atoms with E-state index in [1.807, 2.05) is 6.92 Å². The van der Waals surface area contributed by atoms with E-state index in [9.17, 15) is 19.8 Å². The highest BCUT2D eigenvalue weighted by molar-refractivity contribution is 5.67. The van der Waals surface area contributed by atoms with Crippen molar-refractivity contribution in [1.82, 2.24) is 0 Å². The fourth-order valence-electron chi connectivity index (χ4n) is 7.67. The first-order valence-electron chi connectivity index (χ1n) is 11.2. The van der Waals surface area contributed by atoms with Crippen LogP contribution in [0.1, 0.15) is 64.5 Å². The minimum absolute atomic E-state index is 0.0218. The van der Waals surface area contributed by atoms with Crippen LogP contribution in [0.25, 0.3) is 0 Å². The van der Waals surface area contributed by atoms with Crippen LogP contribution in [-0.4, -0.2) is 47.6 Å². The van der Waals surface area contributed by atoms with Crippen molar-refractivity contribution in [2.45, 2.75) is 77.4 Å². The van der Waals surface area contributed by atoms with Gasteiger partial charge < -0.3 is 24.1 Å². The molecule has 0 unspecified atom stereocenters. The number of furan rings is 1. The number of aliphatic hydroxyl groups excluding tert-OH is 2. The van der Waals surface area contributed by atoms with Gasteiger partial charge in [-0.1, -0.05) is 13.8 Å². The first-order chi connectivity index (χ1) is 14.6. The van der Waals surface area contributed by atoms with Gasteiger partial charge in [-0.25, -0.2) is 0 Å². The summed E-state index contributed by atoms with van der Waals surface area (Å²) in [5.74, 6) is -0.725. The monoisotopic (exact) mass is 434 g/mol. The molecule has 2 fully saturated rings. The molecule has 2 N–H and O–H groups in total. The van der Waals surface area contributed by atoms with Crippen LogP contribution in [-0.2, 0) is 30.9 Å². The van der Waals surface area contributed by atoms with Crippen molar-refractivity contribution in [2.75, 3.05) is 13.2 Å². The Bertz CT molecular complexity index is 862. The molecule has 4 rings (SSSR count). The van der Waals surface area contributed by atoms with Crippen molar-refractivity contribution in [2.24, 2.45) is 22.7 Å². The van der Waals surface area contributed by atoms with Gasteiger partial charge in [0.1, 0.15) is 12.2 Å². The molecule has 0 aliphatic heterocycles. The van der Waals surface area contributed by atoms with Crippen molar-refractivity contribution < 1.29 is 33.7 Å². The van der Waals surface area contributed by atoms with E-state index in [1.54, 1.807) is 12.5 Å².